The van der Waals surface area contributed by atoms with E-state index in [1.165, 1.54) is 0 Å². The number of rotatable bonds is 6. The Kier molecular flexibility index (Phi) is 5.45. The molecule has 0 heterocycles. The Balaban J connectivity index is 2.90. The van der Waals surface area contributed by atoms with Crippen molar-refractivity contribution < 1.29 is 5.11 Å². The van der Waals surface area contributed by atoms with Gasteiger partial charge in [-0.05, 0) is 38.1 Å². The van der Waals surface area contributed by atoms with E-state index in [0.29, 0.717) is 0 Å². The lowest BCUT2D eigenvalue weighted by molar-refractivity contribution is 0.216. The fourth-order valence-electron chi connectivity index (χ4n) is 1.60. The van der Waals surface area contributed by atoms with Crippen LogP contribution in [0.4, 0.5) is 5.69 Å². The fourth-order valence-corrected chi connectivity index (χ4v) is 1.85. The quantitative estimate of drug-likeness (QED) is 0.834. The molecule has 0 aliphatic rings. The van der Waals surface area contributed by atoms with Gasteiger partial charge in [-0.1, -0.05) is 24.6 Å². The van der Waals surface area contributed by atoms with Crippen molar-refractivity contribution in [3.05, 3.63) is 28.8 Å². The molecule has 3 nitrogen and oxygen atoms in total. The highest BCUT2D eigenvalue weighted by atomic mass is 35.5. The molecule has 0 unspecified atom stereocenters. The number of hydrogen-bond donors (Lipinski definition) is 2. The van der Waals surface area contributed by atoms with Gasteiger partial charge in [0, 0.05) is 24.3 Å². The van der Waals surface area contributed by atoms with Crippen LogP contribution in [0.25, 0.3) is 0 Å². The Morgan fingerprint density at radius 2 is 2.06 bits per heavy atom. The van der Waals surface area contributed by atoms with Crippen LogP contribution < -0.4 is 10.2 Å². The van der Waals surface area contributed by atoms with E-state index in [2.05, 4.69) is 12.2 Å². The van der Waals surface area contributed by atoms with Crippen LogP contribution >= 0.6 is 11.6 Å². The van der Waals surface area contributed by atoms with E-state index in [1.807, 2.05) is 44.0 Å². The second-order valence-electron chi connectivity index (χ2n) is 5.09. The summed E-state index contributed by atoms with van der Waals surface area (Å²) >= 11 is 6.27. The van der Waals surface area contributed by atoms with Gasteiger partial charge in [0.15, 0.2) is 0 Å². The molecule has 0 fully saturated rings. The van der Waals surface area contributed by atoms with Gasteiger partial charge in [0.1, 0.15) is 0 Å². The molecule has 0 saturated heterocycles. The third kappa shape index (κ3) is 3.61. The van der Waals surface area contributed by atoms with E-state index in [-0.39, 0.29) is 12.1 Å². The molecule has 4 heteroatoms. The Hall–Kier alpha value is -0.770. The molecule has 0 saturated carbocycles. The molecule has 0 radical (unpaired) electrons. The molecule has 0 atom stereocenters. The molecule has 0 spiro atoms. The smallest absolute Gasteiger partial charge is 0.0658 e. The summed E-state index contributed by atoms with van der Waals surface area (Å²) in [5.41, 5.74) is 1.81. The Labute approximate surface area is 115 Å². The first-order valence-electron chi connectivity index (χ1n) is 6.26. The molecule has 0 amide bonds. The van der Waals surface area contributed by atoms with Gasteiger partial charge in [0.25, 0.3) is 0 Å². The van der Waals surface area contributed by atoms with Crippen molar-refractivity contribution in [3.63, 3.8) is 0 Å². The van der Waals surface area contributed by atoms with Crippen LogP contribution in [0, 0.1) is 0 Å². The number of benzene rings is 1. The van der Waals surface area contributed by atoms with E-state index in [4.69, 9.17) is 11.6 Å². The lowest BCUT2D eigenvalue weighted by Gasteiger charge is -2.36. The minimum atomic E-state index is -0.299. The van der Waals surface area contributed by atoms with Crippen LogP contribution in [0.1, 0.15) is 26.3 Å². The van der Waals surface area contributed by atoms with Crippen molar-refractivity contribution in [2.24, 2.45) is 0 Å². The van der Waals surface area contributed by atoms with E-state index < -0.39 is 0 Å². The minimum Gasteiger partial charge on any atom is -0.394 e. The van der Waals surface area contributed by atoms with Gasteiger partial charge < -0.3 is 15.3 Å². The minimum absolute atomic E-state index is 0.0975. The second kappa shape index (κ2) is 6.41. The van der Waals surface area contributed by atoms with Gasteiger partial charge >= 0.3 is 0 Å². The summed E-state index contributed by atoms with van der Waals surface area (Å²) in [5.74, 6) is 0. The van der Waals surface area contributed by atoms with E-state index in [9.17, 15) is 5.11 Å². The highest BCUT2D eigenvalue weighted by molar-refractivity contribution is 6.31. The second-order valence-corrected chi connectivity index (χ2v) is 5.49. The van der Waals surface area contributed by atoms with Gasteiger partial charge in [0.2, 0.25) is 0 Å². The normalized spacial score (nSPS) is 11.7. The standard InChI is InChI=1S/C14H23ClN2O/c1-5-16-9-11-6-7-12(8-13(11)15)17(4)14(2,3)10-18/h6-8,16,18H,5,9-10H2,1-4H3. The van der Waals surface area contributed by atoms with E-state index in [0.717, 1.165) is 29.4 Å². The van der Waals surface area contributed by atoms with Crippen LogP contribution in [0.2, 0.25) is 5.02 Å². The largest absolute Gasteiger partial charge is 0.394 e. The first-order valence-corrected chi connectivity index (χ1v) is 6.64. The Morgan fingerprint density at radius 1 is 1.39 bits per heavy atom. The van der Waals surface area contributed by atoms with Crippen LogP contribution in [-0.2, 0) is 6.54 Å². The van der Waals surface area contributed by atoms with Gasteiger partial charge in [-0.25, -0.2) is 0 Å². The highest BCUT2D eigenvalue weighted by Gasteiger charge is 2.23. The number of anilines is 1. The van der Waals surface area contributed by atoms with Gasteiger partial charge in [-0.2, -0.15) is 0 Å². The Morgan fingerprint density at radius 3 is 2.56 bits per heavy atom. The lowest BCUT2D eigenvalue weighted by Crippen LogP contribution is -2.44. The van der Waals surface area contributed by atoms with Crippen molar-refractivity contribution in [1.29, 1.82) is 0 Å². The molecule has 1 rings (SSSR count). The molecule has 102 valence electrons. The topological polar surface area (TPSA) is 35.5 Å². The summed E-state index contributed by atoms with van der Waals surface area (Å²) in [4.78, 5) is 2.04. The highest BCUT2D eigenvalue weighted by Crippen LogP contribution is 2.27. The molecule has 0 aliphatic heterocycles. The number of nitrogens with zero attached hydrogens (tertiary/aromatic N) is 1. The molecule has 0 aromatic heterocycles. The number of hydrogen-bond acceptors (Lipinski definition) is 3. The van der Waals surface area contributed by atoms with Crippen LogP contribution in [-0.4, -0.2) is 30.8 Å². The van der Waals surface area contributed by atoms with Crippen molar-refractivity contribution in [1.82, 2.24) is 5.32 Å². The maximum Gasteiger partial charge on any atom is 0.0658 e. The number of nitrogens with one attached hydrogen (secondary N) is 1. The Bertz CT molecular complexity index is 393. The van der Waals surface area contributed by atoms with Crippen molar-refractivity contribution in [2.45, 2.75) is 32.9 Å². The van der Waals surface area contributed by atoms with Gasteiger partial charge in [-0.15, -0.1) is 0 Å². The molecule has 0 aliphatic carbocycles. The first kappa shape index (κ1) is 15.3. The van der Waals surface area contributed by atoms with E-state index >= 15 is 0 Å². The average Bonchev–Trinajstić information content (AvgIpc) is 2.36. The SMILES string of the molecule is CCNCc1ccc(N(C)C(C)(C)CO)cc1Cl. The molecular formula is C14H23ClN2O. The number of aliphatic hydroxyl groups excluding tert-OH is 1. The van der Waals surface area contributed by atoms with Crippen molar-refractivity contribution in [3.8, 4) is 0 Å². The summed E-state index contributed by atoms with van der Waals surface area (Å²) in [5, 5.41) is 13.4. The molecule has 2 N–H and O–H groups in total. The lowest BCUT2D eigenvalue weighted by atomic mass is 10.0. The number of aliphatic hydroxyl groups is 1. The van der Waals surface area contributed by atoms with Crippen LogP contribution in [0.15, 0.2) is 18.2 Å². The fraction of sp³-hybridized carbons (Fsp3) is 0.571. The third-order valence-corrected chi connectivity index (χ3v) is 3.64. The average molecular weight is 271 g/mol. The molecular weight excluding hydrogens is 248 g/mol. The zero-order valence-corrected chi connectivity index (χ0v) is 12.4. The molecule has 1 aromatic rings. The third-order valence-electron chi connectivity index (χ3n) is 3.28. The summed E-state index contributed by atoms with van der Waals surface area (Å²) in [6.45, 7) is 7.86. The summed E-state index contributed by atoms with van der Waals surface area (Å²) in [7, 11) is 1.96. The van der Waals surface area contributed by atoms with Crippen LogP contribution in [0.5, 0.6) is 0 Å². The molecule has 0 bridgehead atoms. The van der Waals surface area contributed by atoms with Crippen molar-refractivity contribution in [2.75, 3.05) is 25.1 Å². The predicted octanol–water partition coefficient (Wildman–Crippen LogP) is 2.66. The predicted molar refractivity (Wildman–Crippen MR) is 78.4 cm³/mol. The van der Waals surface area contributed by atoms with Gasteiger partial charge in [0.05, 0.1) is 12.1 Å². The van der Waals surface area contributed by atoms with Crippen LogP contribution in [0.3, 0.4) is 0 Å². The molecule has 1 aromatic carbocycles. The number of halogens is 1. The van der Waals surface area contributed by atoms with Gasteiger partial charge in [-0.3, -0.25) is 0 Å². The summed E-state index contributed by atoms with van der Waals surface area (Å²) < 4.78 is 0. The van der Waals surface area contributed by atoms with E-state index in [1.54, 1.807) is 0 Å². The number of likely N-dealkylation sites (N-methyl/N-ethyl adjacent to an activating group) is 1. The zero-order valence-electron chi connectivity index (χ0n) is 11.6. The maximum atomic E-state index is 9.38. The monoisotopic (exact) mass is 270 g/mol. The zero-order chi connectivity index (χ0) is 13.8. The maximum absolute atomic E-state index is 9.38. The summed E-state index contributed by atoms with van der Waals surface area (Å²) in [6.07, 6.45) is 0. The van der Waals surface area contributed by atoms with Crippen molar-refractivity contribution >= 4 is 17.3 Å². The first-order chi connectivity index (χ1) is 8.42. The summed E-state index contributed by atoms with van der Waals surface area (Å²) in [6, 6.07) is 6.02. The molecule has 18 heavy (non-hydrogen) atoms.